The molecule has 1 heterocycles. The molecule has 13 heavy (non-hydrogen) atoms. The molecule has 1 aromatic heterocycles. The zero-order valence-electron chi connectivity index (χ0n) is 8.96. The third kappa shape index (κ3) is 2.10. The average Bonchev–Trinajstić information content (AvgIpc) is 2.50. The average molecular weight is 181 g/mol. The fourth-order valence-electron chi connectivity index (χ4n) is 1.60. The van der Waals surface area contributed by atoms with E-state index in [4.69, 9.17) is 0 Å². The fourth-order valence-corrected chi connectivity index (χ4v) is 1.60. The number of hydrogen-bond donors (Lipinski definition) is 1. The van der Waals surface area contributed by atoms with E-state index in [0.29, 0.717) is 6.04 Å². The smallest absolute Gasteiger partial charge is 0.0625 e. The number of hydrogen-bond acceptors (Lipinski definition) is 2. The molecule has 0 aromatic carbocycles. The lowest BCUT2D eigenvalue weighted by Crippen LogP contribution is -2.18. The van der Waals surface area contributed by atoms with Crippen LogP contribution in [0.1, 0.15) is 37.7 Å². The lowest BCUT2D eigenvalue weighted by Gasteiger charge is -2.13. The summed E-state index contributed by atoms with van der Waals surface area (Å²) in [4.78, 5) is 0. The molecule has 3 nitrogen and oxygen atoms in total. The van der Waals surface area contributed by atoms with Gasteiger partial charge in [-0.1, -0.05) is 13.8 Å². The first-order valence-electron chi connectivity index (χ1n) is 4.93. The van der Waals surface area contributed by atoms with E-state index in [1.807, 2.05) is 18.8 Å². The molecule has 0 saturated carbocycles. The Morgan fingerprint density at radius 3 is 2.62 bits per heavy atom. The number of aromatic nitrogens is 2. The lowest BCUT2D eigenvalue weighted by molar-refractivity contribution is 0.525. The second-order valence-electron chi connectivity index (χ2n) is 3.29. The Hall–Kier alpha value is -0.830. The normalized spacial score (nSPS) is 13.2. The second kappa shape index (κ2) is 4.42. The van der Waals surface area contributed by atoms with Gasteiger partial charge in [-0.2, -0.15) is 5.10 Å². The first kappa shape index (κ1) is 10.3. The fraction of sp³-hybridized carbons (Fsp3) is 0.700. The van der Waals surface area contributed by atoms with E-state index in [-0.39, 0.29) is 0 Å². The molecule has 1 aromatic rings. The van der Waals surface area contributed by atoms with Gasteiger partial charge in [0.15, 0.2) is 0 Å². The maximum atomic E-state index is 4.42. The van der Waals surface area contributed by atoms with Crippen molar-refractivity contribution in [3.8, 4) is 0 Å². The molecule has 0 bridgehead atoms. The van der Waals surface area contributed by atoms with Crippen molar-refractivity contribution in [2.24, 2.45) is 7.05 Å². The zero-order chi connectivity index (χ0) is 9.84. The number of rotatable bonds is 4. The van der Waals surface area contributed by atoms with E-state index in [1.165, 1.54) is 11.4 Å². The molecule has 0 amide bonds. The van der Waals surface area contributed by atoms with Gasteiger partial charge in [-0.05, 0) is 26.0 Å². The van der Waals surface area contributed by atoms with Gasteiger partial charge in [0, 0.05) is 13.1 Å². The summed E-state index contributed by atoms with van der Waals surface area (Å²) in [6.07, 6.45) is 2.10. The van der Waals surface area contributed by atoms with Gasteiger partial charge < -0.3 is 5.32 Å². The Balaban J connectivity index is 2.91. The molecule has 0 aliphatic heterocycles. The van der Waals surface area contributed by atoms with Crippen LogP contribution in [0, 0.1) is 0 Å². The quantitative estimate of drug-likeness (QED) is 0.765. The molecule has 1 unspecified atom stereocenters. The first-order valence-corrected chi connectivity index (χ1v) is 4.93. The maximum Gasteiger partial charge on any atom is 0.0625 e. The summed E-state index contributed by atoms with van der Waals surface area (Å²) in [5, 5.41) is 7.71. The van der Waals surface area contributed by atoms with Crippen LogP contribution in [0.25, 0.3) is 0 Å². The topological polar surface area (TPSA) is 29.9 Å². The van der Waals surface area contributed by atoms with Gasteiger partial charge in [-0.15, -0.1) is 0 Å². The molecule has 1 atom stereocenters. The van der Waals surface area contributed by atoms with Gasteiger partial charge in [0.05, 0.1) is 11.4 Å². The van der Waals surface area contributed by atoms with Crippen LogP contribution in [0.4, 0.5) is 0 Å². The minimum atomic E-state index is 0.429. The van der Waals surface area contributed by atoms with E-state index in [0.717, 1.165) is 12.8 Å². The maximum absolute atomic E-state index is 4.42. The molecule has 1 N–H and O–H groups in total. The van der Waals surface area contributed by atoms with Crippen LogP contribution in [0.2, 0.25) is 0 Å². The third-order valence-electron chi connectivity index (χ3n) is 2.44. The van der Waals surface area contributed by atoms with Crippen molar-refractivity contribution < 1.29 is 0 Å². The molecule has 3 heteroatoms. The van der Waals surface area contributed by atoms with Gasteiger partial charge in [-0.3, -0.25) is 4.68 Å². The minimum Gasteiger partial charge on any atom is -0.312 e. The summed E-state index contributed by atoms with van der Waals surface area (Å²) in [5.41, 5.74) is 2.45. The Bertz CT molecular complexity index is 261. The van der Waals surface area contributed by atoms with Crippen molar-refractivity contribution in [3.05, 3.63) is 17.5 Å². The Morgan fingerprint density at radius 2 is 2.23 bits per heavy atom. The second-order valence-corrected chi connectivity index (χ2v) is 3.29. The third-order valence-corrected chi connectivity index (χ3v) is 2.44. The van der Waals surface area contributed by atoms with Crippen molar-refractivity contribution in [2.75, 3.05) is 7.05 Å². The van der Waals surface area contributed by atoms with Crippen LogP contribution >= 0.6 is 0 Å². The summed E-state index contributed by atoms with van der Waals surface area (Å²) in [7, 11) is 4.00. The van der Waals surface area contributed by atoms with Crippen LogP contribution in [-0.4, -0.2) is 16.8 Å². The van der Waals surface area contributed by atoms with E-state index < -0.39 is 0 Å². The molecule has 0 spiro atoms. The number of nitrogens with one attached hydrogen (secondary N) is 1. The predicted octanol–water partition coefficient (Wildman–Crippen LogP) is 1.65. The van der Waals surface area contributed by atoms with Gasteiger partial charge in [0.2, 0.25) is 0 Å². The number of aryl methyl sites for hydroxylation is 2. The van der Waals surface area contributed by atoms with Gasteiger partial charge in [-0.25, -0.2) is 0 Å². The highest BCUT2D eigenvalue weighted by molar-refractivity contribution is 5.13. The summed E-state index contributed by atoms with van der Waals surface area (Å²) in [6.45, 7) is 4.31. The number of nitrogens with zero attached hydrogens (tertiary/aromatic N) is 2. The van der Waals surface area contributed by atoms with Crippen LogP contribution in [0.3, 0.4) is 0 Å². The van der Waals surface area contributed by atoms with Crippen LogP contribution in [0.5, 0.6) is 0 Å². The Labute approximate surface area is 80.1 Å². The molecule has 0 aliphatic rings. The molecule has 0 fully saturated rings. The molecule has 1 rings (SSSR count). The highest BCUT2D eigenvalue weighted by Crippen LogP contribution is 2.16. The predicted molar refractivity (Wildman–Crippen MR) is 54.7 cm³/mol. The Kier molecular flexibility index (Phi) is 3.48. The molecular weight excluding hydrogens is 162 g/mol. The molecule has 0 aliphatic carbocycles. The summed E-state index contributed by atoms with van der Waals surface area (Å²) < 4.78 is 1.98. The van der Waals surface area contributed by atoms with Gasteiger partial charge in [0.1, 0.15) is 0 Å². The zero-order valence-corrected chi connectivity index (χ0v) is 8.96. The van der Waals surface area contributed by atoms with Crippen molar-refractivity contribution in [3.63, 3.8) is 0 Å². The standard InChI is InChI=1S/C10H19N3/c1-5-8-7-10(13(4)12-8)9(6-2)11-3/h7,9,11H,5-6H2,1-4H3. The van der Waals surface area contributed by atoms with Crippen LogP contribution in [0.15, 0.2) is 6.07 Å². The Morgan fingerprint density at radius 1 is 1.54 bits per heavy atom. The monoisotopic (exact) mass is 181 g/mol. The minimum absolute atomic E-state index is 0.429. The van der Waals surface area contributed by atoms with E-state index in [9.17, 15) is 0 Å². The molecular formula is C10H19N3. The van der Waals surface area contributed by atoms with Gasteiger partial charge in [0.25, 0.3) is 0 Å². The van der Waals surface area contributed by atoms with Crippen molar-refractivity contribution >= 4 is 0 Å². The summed E-state index contributed by atoms with van der Waals surface area (Å²) in [6, 6.07) is 2.61. The van der Waals surface area contributed by atoms with Crippen molar-refractivity contribution in [2.45, 2.75) is 32.7 Å². The first-order chi connectivity index (χ1) is 6.22. The van der Waals surface area contributed by atoms with Crippen molar-refractivity contribution in [1.82, 2.24) is 15.1 Å². The SMILES string of the molecule is CCc1cc(C(CC)NC)n(C)n1. The van der Waals surface area contributed by atoms with Crippen molar-refractivity contribution in [1.29, 1.82) is 0 Å². The van der Waals surface area contributed by atoms with Gasteiger partial charge >= 0.3 is 0 Å². The summed E-state index contributed by atoms with van der Waals surface area (Å²) in [5.74, 6) is 0. The molecule has 0 radical (unpaired) electrons. The van der Waals surface area contributed by atoms with E-state index >= 15 is 0 Å². The molecule has 0 saturated heterocycles. The largest absolute Gasteiger partial charge is 0.312 e. The van der Waals surface area contributed by atoms with Crippen LogP contribution in [-0.2, 0) is 13.5 Å². The van der Waals surface area contributed by atoms with E-state index in [2.05, 4.69) is 30.3 Å². The van der Waals surface area contributed by atoms with E-state index in [1.54, 1.807) is 0 Å². The highest BCUT2D eigenvalue weighted by atomic mass is 15.3. The highest BCUT2D eigenvalue weighted by Gasteiger charge is 2.11. The van der Waals surface area contributed by atoms with Crippen LogP contribution < -0.4 is 5.32 Å². The molecule has 74 valence electrons. The lowest BCUT2D eigenvalue weighted by atomic mass is 10.1. The summed E-state index contributed by atoms with van der Waals surface area (Å²) >= 11 is 0.